The van der Waals surface area contributed by atoms with Crippen LogP contribution >= 0.6 is 0 Å². The van der Waals surface area contributed by atoms with E-state index in [0.29, 0.717) is 18.8 Å². The molecule has 1 aliphatic carbocycles. The van der Waals surface area contributed by atoms with Crippen LogP contribution in [0.5, 0.6) is 11.5 Å². The van der Waals surface area contributed by atoms with Crippen LogP contribution in [0.3, 0.4) is 0 Å². The van der Waals surface area contributed by atoms with Crippen molar-refractivity contribution in [3.8, 4) is 11.5 Å². The third-order valence-electron chi connectivity index (χ3n) is 5.58. The fourth-order valence-corrected chi connectivity index (χ4v) is 4.06. The monoisotopic (exact) mass is 369 g/mol. The lowest BCUT2D eigenvalue weighted by Gasteiger charge is -2.24. The van der Waals surface area contributed by atoms with E-state index >= 15 is 0 Å². The number of hydrogen-bond donors (Lipinski definition) is 1. The number of aromatic nitrogens is 2. The van der Waals surface area contributed by atoms with Crippen LogP contribution in [-0.2, 0) is 17.9 Å². The van der Waals surface area contributed by atoms with Crippen LogP contribution in [-0.4, -0.2) is 28.5 Å². The van der Waals surface area contributed by atoms with E-state index in [2.05, 4.69) is 10.4 Å². The average Bonchev–Trinajstić information content (AvgIpc) is 3.34. The number of nitrogens with one attached hydrogen (secondary N) is 1. The van der Waals surface area contributed by atoms with E-state index < -0.39 is 0 Å². The van der Waals surface area contributed by atoms with Crippen LogP contribution in [0.15, 0.2) is 24.3 Å². The Morgan fingerprint density at radius 1 is 1.11 bits per heavy atom. The zero-order chi connectivity index (χ0) is 18.2. The highest BCUT2D eigenvalue weighted by Crippen LogP contribution is 2.36. The molecule has 142 valence electrons. The maximum absolute atomic E-state index is 12.6. The normalized spacial score (nSPS) is 21.7. The van der Waals surface area contributed by atoms with Crippen LogP contribution in [0.1, 0.15) is 60.0 Å². The highest BCUT2D eigenvalue weighted by Gasteiger charge is 2.26. The number of ether oxygens (including phenoxy) is 3. The lowest BCUT2D eigenvalue weighted by atomic mass is 9.95. The largest absolute Gasteiger partial charge is 0.454 e. The van der Waals surface area contributed by atoms with Crippen molar-refractivity contribution in [3.63, 3.8) is 0 Å². The fourth-order valence-electron chi connectivity index (χ4n) is 4.06. The van der Waals surface area contributed by atoms with E-state index in [9.17, 15) is 4.79 Å². The second-order valence-corrected chi connectivity index (χ2v) is 7.42. The summed E-state index contributed by atoms with van der Waals surface area (Å²) in [6, 6.07) is 7.97. The number of fused-ring (bicyclic) bond motifs is 2. The number of nitrogens with zero attached hydrogens (tertiary/aromatic N) is 2. The zero-order valence-corrected chi connectivity index (χ0v) is 15.1. The van der Waals surface area contributed by atoms with E-state index in [4.69, 9.17) is 14.2 Å². The molecule has 0 bridgehead atoms. The molecule has 1 aromatic carbocycles. The Morgan fingerprint density at radius 2 is 1.96 bits per heavy atom. The molecule has 27 heavy (non-hydrogen) atoms. The number of carbonyl (C=O) groups is 1. The summed E-state index contributed by atoms with van der Waals surface area (Å²) in [5.41, 5.74) is 2.43. The van der Waals surface area contributed by atoms with E-state index in [0.717, 1.165) is 35.6 Å². The van der Waals surface area contributed by atoms with Gasteiger partial charge in [-0.1, -0.05) is 25.3 Å². The summed E-state index contributed by atoms with van der Waals surface area (Å²) in [5.74, 6) is 1.43. The molecule has 0 radical (unpaired) electrons. The molecule has 1 aromatic heterocycles. The first-order valence-electron chi connectivity index (χ1n) is 9.65. The van der Waals surface area contributed by atoms with Crippen molar-refractivity contribution in [2.45, 2.75) is 57.4 Å². The standard InChI is InChI=1S/C20H23N3O4/c24-20(21-14-4-2-1-3-5-14)16-9-15-11-25-19(10-23(15)22-16)13-6-7-17-18(8-13)27-12-26-17/h6-9,14,19H,1-5,10-12H2,(H,21,24)/t19-/m0/s1. The second kappa shape index (κ2) is 6.88. The molecule has 7 heteroatoms. The predicted molar refractivity (Wildman–Crippen MR) is 96.7 cm³/mol. The Kier molecular flexibility index (Phi) is 4.24. The van der Waals surface area contributed by atoms with Gasteiger partial charge in [0.25, 0.3) is 5.91 Å². The topological polar surface area (TPSA) is 74.6 Å². The zero-order valence-electron chi connectivity index (χ0n) is 15.1. The molecular formula is C20H23N3O4. The van der Waals surface area contributed by atoms with Gasteiger partial charge < -0.3 is 19.5 Å². The van der Waals surface area contributed by atoms with E-state index in [1.54, 1.807) is 0 Å². The molecule has 1 N–H and O–H groups in total. The molecule has 0 spiro atoms. The van der Waals surface area contributed by atoms with Gasteiger partial charge in [0.1, 0.15) is 6.10 Å². The van der Waals surface area contributed by atoms with E-state index in [1.807, 2.05) is 28.9 Å². The molecule has 7 nitrogen and oxygen atoms in total. The minimum absolute atomic E-state index is 0.0802. The number of hydrogen-bond acceptors (Lipinski definition) is 5. The van der Waals surface area contributed by atoms with Crippen molar-refractivity contribution in [1.29, 1.82) is 0 Å². The average molecular weight is 369 g/mol. The van der Waals surface area contributed by atoms with Crippen LogP contribution < -0.4 is 14.8 Å². The van der Waals surface area contributed by atoms with Crippen molar-refractivity contribution in [3.05, 3.63) is 41.2 Å². The summed E-state index contributed by atoms with van der Waals surface area (Å²) < 4.78 is 18.7. The van der Waals surface area contributed by atoms with Crippen molar-refractivity contribution in [2.24, 2.45) is 0 Å². The van der Waals surface area contributed by atoms with Crippen LogP contribution in [0.2, 0.25) is 0 Å². The molecule has 1 atom stereocenters. The first-order chi connectivity index (χ1) is 13.3. The van der Waals surface area contributed by atoms with Gasteiger partial charge in [-0.3, -0.25) is 9.48 Å². The molecule has 2 aliphatic heterocycles. The first kappa shape index (κ1) is 16.6. The maximum atomic E-state index is 12.6. The third-order valence-corrected chi connectivity index (χ3v) is 5.58. The summed E-state index contributed by atoms with van der Waals surface area (Å²) in [7, 11) is 0. The van der Waals surface area contributed by atoms with Gasteiger partial charge in [-0.15, -0.1) is 0 Å². The maximum Gasteiger partial charge on any atom is 0.272 e. The molecular weight excluding hydrogens is 346 g/mol. The highest BCUT2D eigenvalue weighted by atomic mass is 16.7. The molecule has 3 heterocycles. The Morgan fingerprint density at radius 3 is 2.85 bits per heavy atom. The van der Waals surface area contributed by atoms with Gasteiger partial charge in [-0.2, -0.15) is 5.10 Å². The lowest BCUT2D eigenvalue weighted by molar-refractivity contribution is -0.00128. The van der Waals surface area contributed by atoms with Gasteiger partial charge in [0.15, 0.2) is 17.2 Å². The number of rotatable bonds is 3. The number of carbonyl (C=O) groups excluding carboxylic acids is 1. The van der Waals surface area contributed by atoms with Gasteiger partial charge in [0.05, 0.1) is 18.8 Å². The molecule has 1 fully saturated rings. The van der Waals surface area contributed by atoms with Crippen molar-refractivity contribution >= 4 is 5.91 Å². The Hall–Kier alpha value is -2.54. The predicted octanol–water partition coefficient (Wildman–Crippen LogP) is 2.95. The molecule has 3 aliphatic rings. The van der Waals surface area contributed by atoms with Gasteiger partial charge in [-0.05, 0) is 36.6 Å². The first-order valence-corrected chi connectivity index (χ1v) is 9.65. The fraction of sp³-hybridized carbons (Fsp3) is 0.500. The Labute approximate surface area is 157 Å². The molecule has 0 unspecified atom stereocenters. The van der Waals surface area contributed by atoms with Crippen molar-refractivity contribution in [2.75, 3.05) is 6.79 Å². The van der Waals surface area contributed by atoms with Crippen molar-refractivity contribution < 1.29 is 19.0 Å². The quantitative estimate of drug-likeness (QED) is 0.900. The Bertz CT molecular complexity index is 857. The summed E-state index contributed by atoms with van der Waals surface area (Å²) in [4.78, 5) is 12.6. The SMILES string of the molecule is O=C(NC1CCCCC1)c1cc2n(n1)C[C@@H](c1ccc3c(c1)OCO3)OC2. The third kappa shape index (κ3) is 3.27. The van der Waals surface area contributed by atoms with Gasteiger partial charge in [0.2, 0.25) is 6.79 Å². The minimum atomic E-state index is -0.124. The second-order valence-electron chi connectivity index (χ2n) is 7.42. The molecule has 5 rings (SSSR count). The van der Waals surface area contributed by atoms with E-state index in [1.165, 1.54) is 19.3 Å². The number of amides is 1. The van der Waals surface area contributed by atoms with E-state index in [-0.39, 0.29) is 24.8 Å². The molecule has 2 aromatic rings. The van der Waals surface area contributed by atoms with Gasteiger partial charge >= 0.3 is 0 Å². The lowest BCUT2D eigenvalue weighted by Crippen LogP contribution is -2.36. The van der Waals surface area contributed by atoms with Gasteiger partial charge in [0, 0.05) is 6.04 Å². The van der Waals surface area contributed by atoms with Crippen LogP contribution in [0, 0.1) is 0 Å². The Balaban J connectivity index is 1.29. The highest BCUT2D eigenvalue weighted by molar-refractivity contribution is 5.92. The smallest absolute Gasteiger partial charge is 0.272 e. The summed E-state index contributed by atoms with van der Waals surface area (Å²) in [6.45, 7) is 1.27. The summed E-state index contributed by atoms with van der Waals surface area (Å²) in [6.07, 6.45) is 5.65. The summed E-state index contributed by atoms with van der Waals surface area (Å²) in [5, 5.41) is 7.66. The van der Waals surface area contributed by atoms with Gasteiger partial charge in [-0.25, -0.2) is 0 Å². The minimum Gasteiger partial charge on any atom is -0.454 e. The molecule has 1 amide bonds. The number of benzene rings is 1. The van der Waals surface area contributed by atoms with Crippen LogP contribution in [0.4, 0.5) is 0 Å². The molecule has 1 saturated carbocycles. The van der Waals surface area contributed by atoms with Crippen LogP contribution in [0.25, 0.3) is 0 Å². The van der Waals surface area contributed by atoms with Crippen molar-refractivity contribution in [1.82, 2.24) is 15.1 Å². The summed E-state index contributed by atoms with van der Waals surface area (Å²) >= 11 is 0. The molecule has 0 saturated heterocycles.